The van der Waals surface area contributed by atoms with Gasteiger partial charge >= 0.3 is 5.97 Å². The first-order valence-electron chi connectivity index (χ1n) is 7.99. The number of carbonyl (C=O) groups is 1. The molecule has 1 aromatic carbocycles. The number of benzene rings is 1. The van der Waals surface area contributed by atoms with Crippen molar-refractivity contribution in [2.24, 2.45) is 10.2 Å². The molecule has 0 amide bonds. The van der Waals surface area contributed by atoms with Gasteiger partial charge in [0, 0.05) is 6.61 Å². The Morgan fingerprint density at radius 3 is 2.68 bits per heavy atom. The summed E-state index contributed by atoms with van der Waals surface area (Å²) in [6, 6.07) is 10.1. The lowest BCUT2D eigenvalue weighted by atomic mass is 10.1. The summed E-state index contributed by atoms with van der Waals surface area (Å²) >= 11 is 0. The molecule has 25 heavy (non-hydrogen) atoms. The predicted octanol–water partition coefficient (Wildman–Crippen LogP) is 3.14. The summed E-state index contributed by atoms with van der Waals surface area (Å²) in [5, 5.41) is 8.17. The molecule has 2 heterocycles. The lowest BCUT2D eigenvalue weighted by Crippen LogP contribution is -2.31. The molecule has 4 N–H and O–H groups in total. The Labute approximate surface area is 144 Å². The van der Waals surface area contributed by atoms with E-state index in [4.69, 9.17) is 20.9 Å². The maximum atomic E-state index is 12.2. The number of pyridine rings is 1. The van der Waals surface area contributed by atoms with Crippen molar-refractivity contribution in [1.82, 2.24) is 4.98 Å². The van der Waals surface area contributed by atoms with E-state index in [1.165, 1.54) is 0 Å². The van der Waals surface area contributed by atoms with Crippen LogP contribution in [0.15, 0.2) is 46.6 Å². The average Bonchev–Trinajstić information content (AvgIpc) is 2.63. The molecule has 8 nitrogen and oxygen atoms in total. The van der Waals surface area contributed by atoms with Crippen LogP contribution in [0.4, 0.5) is 23.0 Å². The third-order valence-electron chi connectivity index (χ3n) is 3.71. The number of carbonyl (C=O) groups excluding carboxylic acids is 1. The highest BCUT2D eigenvalue weighted by atomic mass is 16.6. The third-order valence-corrected chi connectivity index (χ3v) is 3.71. The van der Waals surface area contributed by atoms with Crippen LogP contribution in [0.25, 0.3) is 0 Å². The van der Waals surface area contributed by atoms with Gasteiger partial charge in [0.1, 0.15) is 17.2 Å². The first-order valence-corrected chi connectivity index (χ1v) is 7.99. The first-order chi connectivity index (χ1) is 12.1. The van der Waals surface area contributed by atoms with Crippen LogP contribution >= 0.6 is 0 Å². The number of para-hydroxylation sites is 1. The van der Waals surface area contributed by atoms with Gasteiger partial charge in [-0.15, -0.1) is 10.2 Å². The molecule has 2 aromatic rings. The molecule has 8 heteroatoms. The molecule has 0 bridgehead atoms. The summed E-state index contributed by atoms with van der Waals surface area (Å²) in [5.74, 6) is 0.371. The highest BCUT2D eigenvalue weighted by Gasteiger charge is 2.24. The van der Waals surface area contributed by atoms with Crippen molar-refractivity contribution >= 4 is 29.0 Å². The van der Waals surface area contributed by atoms with E-state index in [0.717, 1.165) is 12.8 Å². The van der Waals surface area contributed by atoms with E-state index in [0.29, 0.717) is 36.0 Å². The fourth-order valence-corrected chi connectivity index (χ4v) is 2.40. The van der Waals surface area contributed by atoms with Crippen LogP contribution in [0.3, 0.4) is 0 Å². The average molecular weight is 341 g/mol. The summed E-state index contributed by atoms with van der Waals surface area (Å²) in [4.78, 5) is 16.1. The van der Waals surface area contributed by atoms with Crippen molar-refractivity contribution in [2.75, 3.05) is 18.1 Å². The summed E-state index contributed by atoms with van der Waals surface area (Å²) in [5.41, 5.74) is 12.1. The van der Waals surface area contributed by atoms with Crippen LogP contribution in [-0.2, 0) is 9.53 Å². The number of hydrogen-bond acceptors (Lipinski definition) is 8. The monoisotopic (exact) mass is 341 g/mol. The number of esters is 1. The van der Waals surface area contributed by atoms with Crippen LogP contribution in [0.1, 0.15) is 19.3 Å². The van der Waals surface area contributed by atoms with Gasteiger partial charge in [-0.25, -0.2) is 9.78 Å². The number of ether oxygens (including phenoxy) is 2. The van der Waals surface area contributed by atoms with Crippen LogP contribution in [0.2, 0.25) is 0 Å². The molecule has 0 radical (unpaired) electrons. The van der Waals surface area contributed by atoms with Crippen molar-refractivity contribution in [3.8, 4) is 5.75 Å². The third kappa shape index (κ3) is 4.30. The molecular weight excluding hydrogens is 322 g/mol. The summed E-state index contributed by atoms with van der Waals surface area (Å²) in [6.45, 7) is 0.574. The summed E-state index contributed by atoms with van der Waals surface area (Å²) < 4.78 is 10.9. The smallest absolute Gasteiger partial charge is 0.340 e. The number of anilines is 2. The number of nitrogen functional groups attached to an aromatic ring is 2. The quantitative estimate of drug-likeness (QED) is 0.500. The van der Waals surface area contributed by atoms with Crippen LogP contribution < -0.4 is 16.2 Å². The van der Waals surface area contributed by atoms with E-state index in [2.05, 4.69) is 15.2 Å². The Bertz CT molecular complexity index is 788. The van der Waals surface area contributed by atoms with Gasteiger partial charge in [-0.3, -0.25) is 0 Å². The first kappa shape index (κ1) is 16.8. The number of nitrogens with two attached hydrogens (primary N) is 2. The Kier molecular flexibility index (Phi) is 5.20. The van der Waals surface area contributed by atoms with Gasteiger partial charge in [-0.2, -0.15) is 0 Å². The van der Waals surface area contributed by atoms with Gasteiger partial charge in [-0.1, -0.05) is 12.1 Å². The highest BCUT2D eigenvalue weighted by molar-refractivity contribution is 5.78. The number of aromatic nitrogens is 1. The van der Waals surface area contributed by atoms with Crippen LogP contribution in [-0.4, -0.2) is 23.7 Å². The second kappa shape index (κ2) is 7.71. The van der Waals surface area contributed by atoms with Gasteiger partial charge in [0.25, 0.3) is 0 Å². The van der Waals surface area contributed by atoms with E-state index in [9.17, 15) is 4.79 Å². The standard InChI is InChI=1S/C17H19N5O3/c18-15-9-8-12(16(19)20-15)22-21-11-5-1-2-6-13(11)25-17(23)14-7-3-4-10-24-14/h1-2,5-6,8-9,14H,3-4,7,10H2,(H4,18,19,20). The largest absolute Gasteiger partial charge is 0.422 e. The second-order valence-electron chi connectivity index (χ2n) is 5.58. The zero-order valence-corrected chi connectivity index (χ0v) is 13.6. The second-order valence-corrected chi connectivity index (χ2v) is 5.58. The number of azo groups is 1. The Morgan fingerprint density at radius 2 is 1.92 bits per heavy atom. The van der Waals surface area contributed by atoms with Gasteiger partial charge in [0.15, 0.2) is 17.7 Å². The molecular formula is C17H19N5O3. The van der Waals surface area contributed by atoms with E-state index in [-0.39, 0.29) is 5.82 Å². The SMILES string of the molecule is Nc1ccc(N=Nc2ccccc2OC(=O)C2CCCCO2)c(N)n1. The fourth-order valence-electron chi connectivity index (χ4n) is 2.40. The maximum Gasteiger partial charge on any atom is 0.340 e. The fraction of sp³-hybridized carbons (Fsp3) is 0.294. The Hall–Kier alpha value is -3.00. The van der Waals surface area contributed by atoms with Crippen LogP contribution in [0.5, 0.6) is 5.75 Å². The zero-order valence-electron chi connectivity index (χ0n) is 13.6. The highest BCUT2D eigenvalue weighted by Crippen LogP contribution is 2.31. The number of rotatable bonds is 4. The molecule has 3 rings (SSSR count). The molecule has 1 saturated heterocycles. The summed E-state index contributed by atoms with van der Waals surface area (Å²) in [6.07, 6.45) is 2.04. The molecule has 0 spiro atoms. The zero-order chi connectivity index (χ0) is 17.6. The van der Waals surface area contributed by atoms with Gasteiger partial charge in [-0.05, 0) is 43.5 Å². The molecule has 1 aliphatic heterocycles. The van der Waals surface area contributed by atoms with Crippen molar-refractivity contribution in [1.29, 1.82) is 0 Å². The number of hydrogen-bond donors (Lipinski definition) is 2. The normalized spacial score (nSPS) is 17.5. The minimum Gasteiger partial charge on any atom is -0.422 e. The van der Waals surface area contributed by atoms with Gasteiger partial charge in [0.2, 0.25) is 0 Å². The van der Waals surface area contributed by atoms with Crippen LogP contribution in [0, 0.1) is 0 Å². The van der Waals surface area contributed by atoms with E-state index >= 15 is 0 Å². The van der Waals surface area contributed by atoms with Crippen molar-refractivity contribution < 1.29 is 14.3 Å². The minimum atomic E-state index is -0.532. The molecule has 130 valence electrons. The maximum absolute atomic E-state index is 12.2. The molecule has 1 unspecified atom stereocenters. The number of nitrogens with zero attached hydrogens (tertiary/aromatic N) is 3. The molecule has 1 atom stereocenters. The van der Waals surface area contributed by atoms with Gasteiger partial charge in [0.05, 0.1) is 0 Å². The van der Waals surface area contributed by atoms with E-state index in [1.54, 1.807) is 36.4 Å². The topological polar surface area (TPSA) is 125 Å². The molecule has 1 fully saturated rings. The van der Waals surface area contributed by atoms with Crippen molar-refractivity contribution in [3.63, 3.8) is 0 Å². The Morgan fingerprint density at radius 1 is 1.12 bits per heavy atom. The lowest BCUT2D eigenvalue weighted by molar-refractivity contribution is -0.150. The van der Waals surface area contributed by atoms with Gasteiger partial charge < -0.3 is 20.9 Å². The minimum absolute atomic E-state index is 0.175. The summed E-state index contributed by atoms with van der Waals surface area (Å²) in [7, 11) is 0. The molecule has 1 aromatic heterocycles. The molecule has 0 aliphatic carbocycles. The van der Waals surface area contributed by atoms with Crippen molar-refractivity contribution in [3.05, 3.63) is 36.4 Å². The molecule has 0 saturated carbocycles. The Balaban J connectivity index is 1.76. The lowest BCUT2D eigenvalue weighted by Gasteiger charge is -2.20. The predicted molar refractivity (Wildman–Crippen MR) is 92.9 cm³/mol. The molecule has 1 aliphatic rings. The van der Waals surface area contributed by atoms with Crippen molar-refractivity contribution in [2.45, 2.75) is 25.4 Å². The van der Waals surface area contributed by atoms with E-state index in [1.807, 2.05) is 0 Å². The van der Waals surface area contributed by atoms with E-state index < -0.39 is 12.1 Å².